The molecule has 0 atom stereocenters. The van der Waals surface area contributed by atoms with Gasteiger partial charge in [0.25, 0.3) is 0 Å². The fourth-order valence-corrected chi connectivity index (χ4v) is 2.43. The number of hydrogen-bond donors (Lipinski definition) is 2. The summed E-state index contributed by atoms with van der Waals surface area (Å²) < 4.78 is 0. The standard InChI is InChI=1S/C18H19N3/c19-18(20)13-11-17(12-14-18)21(15-7-3-1-4-8-15)16-9-5-2-6-10-16/h1-13H,14,19-20H2. The number of anilines is 2. The molecule has 2 aromatic carbocycles. The van der Waals surface area contributed by atoms with Crippen LogP contribution in [0.25, 0.3) is 0 Å². The Morgan fingerprint density at radius 3 is 1.76 bits per heavy atom. The highest BCUT2D eigenvalue weighted by atomic mass is 15.1. The summed E-state index contributed by atoms with van der Waals surface area (Å²) in [4.78, 5) is 2.20. The number of rotatable bonds is 3. The van der Waals surface area contributed by atoms with Gasteiger partial charge in [-0.15, -0.1) is 0 Å². The van der Waals surface area contributed by atoms with Crippen molar-refractivity contribution in [1.82, 2.24) is 0 Å². The SMILES string of the molecule is NC1(N)C=CC(N(c2ccccc2)c2ccccc2)=CC1. The number of allylic oxidation sites excluding steroid dienone is 1. The lowest BCUT2D eigenvalue weighted by atomic mass is 10.0. The largest absolute Gasteiger partial charge is 0.311 e. The maximum Gasteiger partial charge on any atom is 0.0868 e. The van der Waals surface area contributed by atoms with Crippen molar-refractivity contribution >= 4 is 11.4 Å². The van der Waals surface area contributed by atoms with Crippen molar-refractivity contribution in [3.8, 4) is 0 Å². The highest BCUT2D eigenvalue weighted by molar-refractivity contribution is 5.70. The van der Waals surface area contributed by atoms with E-state index in [1.807, 2.05) is 48.6 Å². The van der Waals surface area contributed by atoms with E-state index in [-0.39, 0.29) is 0 Å². The Kier molecular flexibility index (Phi) is 3.60. The van der Waals surface area contributed by atoms with Gasteiger partial charge in [0.2, 0.25) is 0 Å². The summed E-state index contributed by atoms with van der Waals surface area (Å²) >= 11 is 0. The minimum Gasteiger partial charge on any atom is -0.311 e. The predicted molar refractivity (Wildman–Crippen MR) is 88.0 cm³/mol. The molecule has 3 nitrogen and oxygen atoms in total. The molecule has 0 heterocycles. The Labute approximate surface area is 125 Å². The number of nitrogens with two attached hydrogens (primary N) is 2. The molecule has 0 aromatic heterocycles. The van der Waals surface area contributed by atoms with Crippen molar-refractivity contribution < 1.29 is 0 Å². The Balaban J connectivity index is 2.03. The van der Waals surface area contributed by atoms with Crippen LogP contribution in [0.2, 0.25) is 0 Å². The van der Waals surface area contributed by atoms with Gasteiger partial charge in [-0.2, -0.15) is 0 Å². The van der Waals surface area contributed by atoms with Gasteiger partial charge in [0, 0.05) is 23.5 Å². The minimum absolute atomic E-state index is 0.620. The third-order valence-corrected chi connectivity index (χ3v) is 3.52. The van der Waals surface area contributed by atoms with Crippen LogP contribution in [0.5, 0.6) is 0 Å². The molecule has 0 fully saturated rings. The Morgan fingerprint density at radius 2 is 1.33 bits per heavy atom. The molecular weight excluding hydrogens is 258 g/mol. The van der Waals surface area contributed by atoms with Gasteiger partial charge < -0.3 is 16.4 Å². The van der Waals surface area contributed by atoms with E-state index in [1.54, 1.807) is 0 Å². The normalized spacial score (nSPS) is 16.4. The summed E-state index contributed by atoms with van der Waals surface area (Å²) in [5.74, 6) is 0. The number of benzene rings is 2. The summed E-state index contributed by atoms with van der Waals surface area (Å²) in [6.45, 7) is 0. The van der Waals surface area contributed by atoms with Crippen LogP contribution in [0.4, 0.5) is 11.4 Å². The maximum atomic E-state index is 5.95. The minimum atomic E-state index is -0.747. The first kappa shape index (κ1) is 13.6. The molecule has 21 heavy (non-hydrogen) atoms. The van der Waals surface area contributed by atoms with Gasteiger partial charge in [0.05, 0.1) is 5.66 Å². The fraction of sp³-hybridized carbons (Fsp3) is 0.111. The fourth-order valence-electron chi connectivity index (χ4n) is 2.43. The molecule has 3 rings (SSSR count). The van der Waals surface area contributed by atoms with Crippen LogP contribution in [0.1, 0.15) is 6.42 Å². The molecule has 0 saturated heterocycles. The molecule has 106 valence electrons. The number of para-hydroxylation sites is 2. The van der Waals surface area contributed by atoms with Gasteiger partial charge >= 0.3 is 0 Å². The van der Waals surface area contributed by atoms with Crippen molar-refractivity contribution in [3.05, 3.63) is 84.6 Å². The van der Waals surface area contributed by atoms with Crippen LogP contribution in [0.15, 0.2) is 84.6 Å². The Hall–Kier alpha value is -2.36. The van der Waals surface area contributed by atoms with Crippen LogP contribution in [-0.2, 0) is 0 Å². The van der Waals surface area contributed by atoms with Gasteiger partial charge in [0.1, 0.15) is 0 Å². The Morgan fingerprint density at radius 1 is 0.810 bits per heavy atom. The van der Waals surface area contributed by atoms with Crippen molar-refractivity contribution in [1.29, 1.82) is 0 Å². The molecule has 0 radical (unpaired) electrons. The molecule has 2 aromatic rings. The summed E-state index contributed by atoms with van der Waals surface area (Å²) in [5.41, 5.74) is 14.4. The van der Waals surface area contributed by atoms with E-state index in [9.17, 15) is 0 Å². The van der Waals surface area contributed by atoms with Crippen LogP contribution in [0.3, 0.4) is 0 Å². The van der Waals surface area contributed by atoms with Crippen molar-refractivity contribution in [2.45, 2.75) is 12.1 Å². The van der Waals surface area contributed by atoms with E-state index in [1.165, 1.54) is 0 Å². The monoisotopic (exact) mass is 277 g/mol. The van der Waals surface area contributed by atoms with E-state index >= 15 is 0 Å². The molecule has 0 saturated carbocycles. The first-order valence-corrected chi connectivity index (χ1v) is 7.03. The topological polar surface area (TPSA) is 55.3 Å². The average Bonchev–Trinajstić information content (AvgIpc) is 2.51. The van der Waals surface area contributed by atoms with E-state index in [4.69, 9.17) is 11.5 Å². The molecule has 0 aliphatic heterocycles. The molecular formula is C18H19N3. The van der Waals surface area contributed by atoms with E-state index in [0.717, 1.165) is 17.1 Å². The van der Waals surface area contributed by atoms with E-state index in [0.29, 0.717) is 6.42 Å². The zero-order valence-electron chi connectivity index (χ0n) is 11.8. The lowest BCUT2D eigenvalue weighted by molar-refractivity contribution is 0.554. The van der Waals surface area contributed by atoms with Crippen LogP contribution < -0.4 is 16.4 Å². The maximum absolute atomic E-state index is 5.95. The van der Waals surface area contributed by atoms with Gasteiger partial charge in [-0.05, 0) is 36.4 Å². The molecule has 0 spiro atoms. The van der Waals surface area contributed by atoms with E-state index < -0.39 is 5.66 Å². The zero-order chi connectivity index (χ0) is 14.7. The Bertz CT molecular complexity index is 618. The van der Waals surface area contributed by atoms with Gasteiger partial charge in [-0.25, -0.2) is 0 Å². The van der Waals surface area contributed by atoms with Crippen LogP contribution >= 0.6 is 0 Å². The third kappa shape index (κ3) is 3.05. The lowest BCUT2D eigenvalue weighted by Crippen LogP contribution is -2.48. The van der Waals surface area contributed by atoms with Crippen molar-refractivity contribution in [2.75, 3.05) is 4.90 Å². The average molecular weight is 277 g/mol. The smallest absolute Gasteiger partial charge is 0.0868 e. The molecule has 0 amide bonds. The quantitative estimate of drug-likeness (QED) is 0.846. The first-order valence-electron chi connectivity index (χ1n) is 7.03. The second-order valence-corrected chi connectivity index (χ2v) is 5.29. The van der Waals surface area contributed by atoms with Crippen molar-refractivity contribution in [3.63, 3.8) is 0 Å². The van der Waals surface area contributed by atoms with Crippen LogP contribution in [-0.4, -0.2) is 5.66 Å². The molecule has 1 aliphatic carbocycles. The van der Waals surface area contributed by atoms with Crippen LogP contribution in [0, 0.1) is 0 Å². The zero-order valence-corrected chi connectivity index (χ0v) is 11.8. The molecule has 1 aliphatic rings. The molecule has 0 unspecified atom stereocenters. The van der Waals surface area contributed by atoms with Gasteiger partial charge in [-0.3, -0.25) is 0 Å². The van der Waals surface area contributed by atoms with Crippen molar-refractivity contribution in [2.24, 2.45) is 11.5 Å². The number of nitrogens with zero attached hydrogens (tertiary/aromatic N) is 1. The first-order chi connectivity index (χ1) is 10.2. The van der Waals surface area contributed by atoms with E-state index in [2.05, 4.69) is 35.2 Å². The second-order valence-electron chi connectivity index (χ2n) is 5.29. The summed E-state index contributed by atoms with van der Waals surface area (Å²) in [6.07, 6.45) is 6.56. The summed E-state index contributed by atoms with van der Waals surface area (Å²) in [7, 11) is 0. The molecule has 4 N–H and O–H groups in total. The molecule has 0 bridgehead atoms. The molecule has 3 heteroatoms. The van der Waals surface area contributed by atoms with Gasteiger partial charge in [-0.1, -0.05) is 42.5 Å². The predicted octanol–water partition coefficient (Wildman–Crippen LogP) is 3.28. The highest BCUT2D eigenvalue weighted by Gasteiger charge is 2.21. The third-order valence-electron chi connectivity index (χ3n) is 3.52. The summed E-state index contributed by atoms with van der Waals surface area (Å²) in [6, 6.07) is 20.5. The highest BCUT2D eigenvalue weighted by Crippen LogP contribution is 2.32. The lowest BCUT2D eigenvalue weighted by Gasteiger charge is -2.30. The summed E-state index contributed by atoms with van der Waals surface area (Å²) in [5, 5.41) is 0. The number of hydrogen-bond acceptors (Lipinski definition) is 3. The second kappa shape index (κ2) is 5.56. The van der Waals surface area contributed by atoms with Gasteiger partial charge in [0.15, 0.2) is 0 Å².